The van der Waals surface area contributed by atoms with Crippen LogP contribution in [0.3, 0.4) is 0 Å². The van der Waals surface area contributed by atoms with E-state index in [9.17, 15) is 8.42 Å². The van der Waals surface area contributed by atoms with Crippen molar-refractivity contribution in [2.45, 2.75) is 16.3 Å². The van der Waals surface area contributed by atoms with Crippen LogP contribution in [0.25, 0.3) is 10.9 Å². The first-order valence-corrected chi connectivity index (χ1v) is 11.1. The molecule has 0 amide bonds. The molecule has 152 valence electrons. The summed E-state index contributed by atoms with van der Waals surface area (Å²) in [5.74, 6) is 0.388. The maximum Gasteiger partial charge on any atom is 0.206 e. The number of benzene rings is 3. The smallest absolute Gasteiger partial charge is 0.206 e. The van der Waals surface area contributed by atoms with E-state index in [0.717, 1.165) is 22.2 Å². The van der Waals surface area contributed by atoms with E-state index in [4.69, 9.17) is 18.0 Å². The van der Waals surface area contributed by atoms with Crippen molar-refractivity contribution >= 4 is 44.5 Å². The minimum atomic E-state index is -3.52. The maximum atomic E-state index is 12.7. The Hall–Kier alpha value is -3.23. The summed E-state index contributed by atoms with van der Waals surface area (Å²) in [5.41, 5.74) is 8.79. The van der Waals surface area contributed by atoms with Crippen LogP contribution in [0.15, 0.2) is 82.6 Å². The number of aromatic nitrogens is 2. The molecule has 0 aliphatic carbocycles. The van der Waals surface area contributed by atoms with Crippen molar-refractivity contribution in [1.29, 1.82) is 0 Å². The second-order valence-corrected chi connectivity index (χ2v) is 9.31. The summed E-state index contributed by atoms with van der Waals surface area (Å²) in [4.78, 5) is 9.76. The van der Waals surface area contributed by atoms with Crippen LogP contribution in [0, 0.1) is 4.77 Å². The monoisotopic (exact) mass is 436 g/mol. The highest BCUT2D eigenvalue weighted by atomic mass is 32.2. The van der Waals surface area contributed by atoms with Gasteiger partial charge in [-0.1, -0.05) is 30.3 Å². The fourth-order valence-electron chi connectivity index (χ4n) is 3.28. The highest BCUT2D eigenvalue weighted by Gasteiger charge is 2.17. The molecule has 30 heavy (non-hydrogen) atoms. The standard InChI is InChI=1S/C22H20N4O2S2/c1-26(16-9-12-20-19(13-16)21(23)25-22(29)24-20)14-15-7-10-18(11-8-15)30(27,28)17-5-3-2-4-6-17/h2-13H,14H2,1H3,(H3,23,24,25,29). The molecule has 0 saturated heterocycles. The van der Waals surface area contributed by atoms with E-state index >= 15 is 0 Å². The molecule has 0 unspecified atom stereocenters. The highest BCUT2D eigenvalue weighted by molar-refractivity contribution is 7.91. The van der Waals surface area contributed by atoms with Gasteiger partial charge in [-0.05, 0) is 60.2 Å². The fourth-order valence-corrected chi connectivity index (χ4v) is 4.77. The molecule has 4 aromatic rings. The van der Waals surface area contributed by atoms with Crippen molar-refractivity contribution in [2.24, 2.45) is 0 Å². The summed E-state index contributed by atoms with van der Waals surface area (Å²) < 4.78 is 25.8. The number of anilines is 2. The normalized spacial score (nSPS) is 11.5. The van der Waals surface area contributed by atoms with E-state index < -0.39 is 9.84 Å². The molecule has 0 bridgehead atoms. The molecule has 0 aliphatic heterocycles. The third-order valence-electron chi connectivity index (χ3n) is 4.89. The molecule has 0 fully saturated rings. The van der Waals surface area contributed by atoms with Gasteiger partial charge in [0.25, 0.3) is 0 Å². The number of sulfone groups is 1. The number of nitrogen functional groups attached to an aromatic ring is 1. The Labute approximate surface area is 179 Å². The molecule has 0 aliphatic rings. The molecule has 1 heterocycles. The molecule has 3 N–H and O–H groups in total. The SMILES string of the molecule is CN(Cc1ccc(S(=O)(=O)c2ccccc2)cc1)c1ccc2[nH]c(=S)nc(N)c2c1. The summed E-state index contributed by atoms with van der Waals surface area (Å²) in [6.07, 6.45) is 0. The van der Waals surface area contributed by atoms with Crippen molar-refractivity contribution in [3.63, 3.8) is 0 Å². The number of hydrogen-bond donors (Lipinski definition) is 2. The summed E-state index contributed by atoms with van der Waals surface area (Å²) in [7, 11) is -1.55. The molecule has 8 heteroatoms. The predicted molar refractivity (Wildman–Crippen MR) is 122 cm³/mol. The summed E-state index contributed by atoms with van der Waals surface area (Å²) in [6.45, 7) is 0.605. The minimum absolute atomic E-state index is 0.278. The zero-order valence-electron chi connectivity index (χ0n) is 16.2. The van der Waals surface area contributed by atoms with Crippen LogP contribution in [0.4, 0.5) is 11.5 Å². The molecule has 6 nitrogen and oxygen atoms in total. The van der Waals surface area contributed by atoms with Gasteiger partial charge >= 0.3 is 0 Å². The summed E-state index contributed by atoms with van der Waals surface area (Å²) in [6, 6.07) is 21.2. The van der Waals surface area contributed by atoms with Gasteiger partial charge in [-0.2, -0.15) is 0 Å². The van der Waals surface area contributed by atoms with Crippen molar-refractivity contribution in [1.82, 2.24) is 9.97 Å². The van der Waals surface area contributed by atoms with E-state index in [2.05, 4.69) is 14.9 Å². The third kappa shape index (κ3) is 3.92. The zero-order valence-corrected chi connectivity index (χ0v) is 17.9. The van der Waals surface area contributed by atoms with Gasteiger partial charge in [0, 0.05) is 24.7 Å². The molecular weight excluding hydrogens is 416 g/mol. The number of nitrogens with zero attached hydrogens (tertiary/aromatic N) is 2. The van der Waals surface area contributed by atoms with Gasteiger partial charge in [-0.15, -0.1) is 0 Å². The average Bonchev–Trinajstić information content (AvgIpc) is 2.74. The lowest BCUT2D eigenvalue weighted by Crippen LogP contribution is -2.16. The van der Waals surface area contributed by atoms with Crippen molar-refractivity contribution in [3.05, 3.63) is 83.1 Å². The number of nitrogens with one attached hydrogen (secondary N) is 1. The number of nitrogens with two attached hydrogens (primary N) is 1. The Morgan fingerprint density at radius 3 is 2.37 bits per heavy atom. The second-order valence-electron chi connectivity index (χ2n) is 6.97. The third-order valence-corrected chi connectivity index (χ3v) is 6.87. The van der Waals surface area contributed by atoms with Gasteiger partial charge < -0.3 is 15.6 Å². The van der Waals surface area contributed by atoms with Crippen LogP contribution >= 0.6 is 12.2 Å². The average molecular weight is 437 g/mol. The summed E-state index contributed by atoms with van der Waals surface area (Å²) >= 11 is 5.07. The lowest BCUT2D eigenvalue weighted by atomic mass is 10.1. The first kappa shape index (κ1) is 20.1. The Bertz CT molecular complexity index is 1370. The molecule has 1 aromatic heterocycles. The van der Waals surface area contributed by atoms with Gasteiger partial charge in [-0.25, -0.2) is 13.4 Å². The van der Waals surface area contributed by atoms with Crippen LogP contribution < -0.4 is 10.6 Å². The lowest BCUT2D eigenvalue weighted by molar-refractivity contribution is 0.596. The van der Waals surface area contributed by atoms with Crippen LogP contribution in [0.5, 0.6) is 0 Å². The first-order valence-electron chi connectivity index (χ1n) is 9.24. The Morgan fingerprint density at radius 1 is 1.00 bits per heavy atom. The van der Waals surface area contributed by atoms with Crippen molar-refractivity contribution < 1.29 is 8.42 Å². The number of hydrogen-bond acceptors (Lipinski definition) is 6. The first-order chi connectivity index (χ1) is 14.3. The second kappa shape index (κ2) is 7.89. The van der Waals surface area contributed by atoms with E-state index in [-0.39, 0.29) is 9.79 Å². The van der Waals surface area contributed by atoms with Crippen molar-refractivity contribution in [2.75, 3.05) is 17.7 Å². The van der Waals surface area contributed by atoms with Gasteiger partial charge in [-0.3, -0.25) is 0 Å². The van der Waals surface area contributed by atoms with Crippen LogP contribution in [-0.4, -0.2) is 25.4 Å². The summed E-state index contributed by atoms with van der Waals surface area (Å²) in [5, 5.41) is 0.803. The molecule has 0 saturated carbocycles. The topological polar surface area (TPSA) is 92.1 Å². The van der Waals surface area contributed by atoms with E-state index in [1.54, 1.807) is 42.5 Å². The number of H-pyrrole nitrogens is 1. The van der Waals surface area contributed by atoms with E-state index in [1.807, 2.05) is 37.4 Å². The predicted octanol–water partition coefficient (Wildman–Crippen LogP) is 4.34. The molecule has 3 aromatic carbocycles. The van der Waals surface area contributed by atoms with Gasteiger partial charge in [0.2, 0.25) is 9.84 Å². The van der Waals surface area contributed by atoms with Crippen LogP contribution in [0.2, 0.25) is 0 Å². The Kier molecular flexibility index (Phi) is 5.27. The Morgan fingerprint density at radius 2 is 1.67 bits per heavy atom. The highest BCUT2D eigenvalue weighted by Crippen LogP contribution is 2.25. The van der Waals surface area contributed by atoms with Gasteiger partial charge in [0.05, 0.1) is 15.3 Å². The van der Waals surface area contributed by atoms with Crippen LogP contribution in [0.1, 0.15) is 5.56 Å². The van der Waals surface area contributed by atoms with E-state index in [0.29, 0.717) is 17.1 Å². The Balaban J connectivity index is 1.56. The molecular formula is C22H20N4O2S2. The number of aromatic amines is 1. The zero-order chi connectivity index (χ0) is 21.3. The van der Waals surface area contributed by atoms with E-state index in [1.165, 1.54) is 0 Å². The molecule has 4 rings (SSSR count). The van der Waals surface area contributed by atoms with Crippen molar-refractivity contribution in [3.8, 4) is 0 Å². The minimum Gasteiger partial charge on any atom is -0.383 e. The molecule has 0 radical (unpaired) electrons. The molecule has 0 spiro atoms. The van der Waals surface area contributed by atoms with Gasteiger partial charge in [0.1, 0.15) is 5.82 Å². The fraction of sp³-hybridized carbons (Fsp3) is 0.0909. The number of fused-ring (bicyclic) bond motifs is 1. The van der Waals surface area contributed by atoms with Gasteiger partial charge in [0.15, 0.2) is 4.77 Å². The maximum absolute atomic E-state index is 12.7. The van der Waals surface area contributed by atoms with Crippen LogP contribution in [-0.2, 0) is 16.4 Å². The molecule has 0 atom stereocenters. The largest absolute Gasteiger partial charge is 0.383 e. The number of rotatable bonds is 5. The lowest BCUT2D eigenvalue weighted by Gasteiger charge is -2.20. The quantitative estimate of drug-likeness (QED) is 0.452.